The van der Waals surface area contributed by atoms with Crippen molar-refractivity contribution < 1.29 is 14.5 Å². The maximum atomic E-state index is 12.3. The predicted octanol–water partition coefficient (Wildman–Crippen LogP) is 1.10. The van der Waals surface area contributed by atoms with Crippen molar-refractivity contribution in [2.75, 3.05) is 42.9 Å². The highest BCUT2D eigenvalue weighted by atomic mass is 16.2. The summed E-state index contributed by atoms with van der Waals surface area (Å²) in [5, 5.41) is 11.8. The molecule has 1 saturated heterocycles. The molecule has 1 heterocycles. The lowest BCUT2D eigenvalue weighted by Gasteiger charge is -2.33. The maximum Gasteiger partial charge on any atom is 0.279 e. The highest BCUT2D eigenvalue weighted by Crippen LogP contribution is 2.15. The van der Waals surface area contributed by atoms with Crippen LogP contribution >= 0.6 is 0 Å². The van der Waals surface area contributed by atoms with Crippen LogP contribution in [0.2, 0.25) is 0 Å². The van der Waals surface area contributed by atoms with Crippen LogP contribution in [-0.2, 0) is 4.79 Å². The third-order valence-corrected chi connectivity index (χ3v) is 4.80. The average Bonchev–Trinajstić information content (AvgIpc) is 2.68. The van der Waals surface area contributed by atoms with E-state index in [1.807, 2.05) is 24.3 Å². The number of nitriles is 1. The summed E-state index contributed by atoms with van der Waals surface area (Å²) in [6, 6.07) is 16.7. The Labute approximate surface area is 159 Å². The van der Waals surface area contributed by atoms with Crippen LogP contribution in [0.5, 0.6) is 0 Å². The summed E-state index contributed by atoms with van der Waals surface area (Å²) < 4.78 is 0. The first-order chi connectivity index (χ1) is 13.0. The quantitative estimate of drug-likeness (QED) is 0.780. The zero-order valence-corrected chi connectivity index (χ0v) is 15.4. The first kappa shape index (κ1) is 18.6. The second-order valence-electron chi connectivity index (χ2n) is 6.76. The van der Waals surface area contributed by atoms with Gasteiger partial charge in [0.05, 0.1) is 37.8 Å². The highest BCUT2D eigenvalue weighted by molar-refractivity contribution is 5.94. The van der Waals surface area contributed by atoms with E-state index in [0.717, 1.165) is 37.4 Å². The summed E-state index contributed by atoms with van der Waals surface area (Å²) >= 11 is 0. The van der Waals surface area contributed by atoms with E-state index >= 15 is 0 Å². The minimum absolute atomic E-state index is 0.0423. The Kier molecular flexibility index (Phi) is 5.84. The number of piperazine rings is 1. The molecule has 0 atom stereocenters. The fourth-order valence-corrected chi connectivity index (χ4v) is 3.26. The lowest BCUT2D eigenvalue weighted by Crippen LogP contribution is -3.15. The van der Waals surface area contributed by atoms with Gasteiger partial charge in [-0.1, -0.05) is 6.07 Å². The number of Topliss-reactive ketones (excluding diaryl/α,β-unsaturated/α-hetero) is 1. The Bertz CT molecular complexity index is 862. The SMILES string of the molecule is CC(=O)c1ccc(N2CC[NH+](CC(=O)Nc3cccc(C#N)c3)CC2)cc1. The van der Waals surface area contributed by atoms with Gasteiger partial charge in [0, 0.05) is 16.9 Å². The standard InChI is InChI=1S/C21H22N4O2/c1-16(26)18-5-7-20(8-6-18)25-11-9-24(10-12-25)15-21(27)23-19-4-2-3-17(13-19)14-22/h2-8,13H,9-12,15H2,1H3,(H,23,27)/p+1. The number of nitrogens with zero attached hydrogens (tertiary/aromatic N) is 2. The Hall–Kier alpha value is -3.17. The molecule has 6 nitrogen and oxygen atoms in total. The fourth-order valence-electron chi connectivity index (χ4n) is 3.26. The van der Waals surface area contributed by atoms with Crippen LogP contribution in [0.15, 0.2) is 48.5 Å². The van der Waals surface area contributed by atoms with Crippen LogP contribution in [0.4, 0.5) is 11.4 Å². The normalized spacial score (nSPS) is 14.4. The summed E-state index contributed by atoms with van der Waals surface area (Å²) in [6.45, 7) is 5.46. The predicted molar refractivity (Wildman–Crippen MR) is 104 cm³/mol. The van der Waals surface area contributed by atoms with E-state index in [4.69, 9.17) is 5.26 Å². The summed E-state index contributed by atoms with van der Waals surface area (Å²) in [7, 11) is 0. The van der Waals surface area contributed by atoms with Crippen LogP contribution in [0.1, 0.15) is 22.8 Å². The minimum atomic E-state index is -0.0423. The molecule has 0 spiro atoms. The zero-order valence-electron chi connectivity index (χ0n) is 15.4. The second-order valence-corrected chi connectivity index (χ2v) is 6.76. The number of quaternary nitrogens is 1. The number of ketones is 1. The molecule has 1 aliphatic heterocycles. The van der Waals surface area contributed by atoms with Crippen molar-refractivity contribution in [3.63, 3.8) is 0 Å². The van der Waals surface area contributed by atoms with Gasteiger partial charge in [0.15, 0.2) is 12.3 Å². The van der Waals surface area contributed by atoms with Crippen molar-refractivity contribution in [3.8, 4) is 6.07 Å². The maximum absolute atomic E-state index is 12.3. The van der Waals surface area contributed by atoms with Crippen LogP contribution in [0.25, 0.3) is 0 Å². The molecule has 2 aromatic rings. The van der Waals surface area contributed by atoms with E-state index < -0.39 is 0 Å². The number of carbonyl (C=O) groups is 2. The lowest BCUT2D eigenvalue weighted by molar-refractivity contribution is -0.892. The molecule has 0 unspecified atom stereocenters. The molecule has 0 aromatic heterocycles. The lowest BCUT2D eigenvalue weighted by atomic mass is 10.1. The van der Waals surface area contributed by atoms with Gasteiger partial charge in [-0.25, -0.2) is 0 Å². The molecule has 0 radical (unpaired) electrons. The van der Waals surface area contributed by atoms with Gasteiger partial charge >= 0.3 is 0 Å². The van der Waals surface area contributed by atoms with Crippen molar-refractivity contribution in [2.24, 2.45) is 0 Å². The Morgan fingerprint density at radius 3 is 2.48 bits per heavy atom. The topological polar surface area (TPSA) is 77.6 Å². The molecule has 27 heavy (non-hydrogen) atoms. The molecule has 2 aromatic carbocycles. The number of amides is 1. The van der Waals surface area contributed by atoms with Crippen molar-refractivity contribution in [2.45, 2.75) is 6.92 Å². The first-order valence-corrected chi connectivity index (χ1v) is 9.04. The van der Waals surface area contributed by atoms with Crippen molar-refractivity contribution in [1.29, 1.82) is 5.26 Å². The van der Waals surface area contributed by atoms with E-state index in [-0.39, 0.29) is 11.7 Å². The molecule has 6 heteroatoms. The van der Waals surface area contributed by atoms with Gasteiger partial charge in [-0.3, -0.25) is 9.59 Å². The van der Waals surface area contributed by atoms with Gasteiger partial charge in [-0.15, -0.1) is 0 Å². The van der Waals surface area contributed by atoms with Gasteiger partial charge in [0.25, 0.3) is 5.91 Å². The Balaban J connectivity index is 1.49. The summed E-state index contributed by atoms with van der Waals surface area (Å²) in [4.78, 5) is 27.2. The van der Waals surface area contributed by atoms with Crippen LogP contribution in [0.3, 0.4) is 0 Å². The highest BCUT2D eigenvalue weighted by Gasteiger charge is 2.22. The molecular formula is C21H23N4O2+. The van der Waals surface area contributed by atoms with Crippen molar-refractivity contribution in [3.05, 3.63) is 59.7 Å². The number of hydrogen-bond donors (Lipinski definition) is 2. The number of carbonyl (C=O) groups excluding carboxylic acids is 2. The molecule has 1 fully saturated rings. The number of rotatable bonds is 5. The second kappa shape index (κ2) is 8.47. The molecule has 2 N–H and O–H groups in total. The summed E-state index contributed by atoms with van der Waals surface area (Å²) in [6.07, 6.45) is 0. The van der Waals surface area contributed by atoms with E-state index in [1.165, 1.54) is 4.90 Å². The molecule has 1 aliphatic rings. The van der Waals surface area contributed by atoms with Gasteiger partial charge in [0.2, 0.25) is 0 Å². The molecule has 0 saturated carbocycles. The smallest absolute Gasteiger partial charge is 0.279 e. The van der Waals surface area contributed by atoms with Crippen LogP contribution in [-0.4, -0.2) is 44.4 Å². The Morgan fingerprint density at radius 2 is 1.85 bits per heavy atom. The molecule has 1 amide bonds. The zero-order chi connectivity index (χ0) is 19.2. The fraction of sp³-hybridized carbons (Fsp3) is 0.286. The van der Waals surface area contributed by atoms with Crippen LogP contribution in [0, 0.1) is 11.3 Å². The average molecular weight is 363 g/mol. The summed E-state index contributed by atoms with van der Waals surface area (Å²) in [5.41, 5.74) is 3.02. The number of nitrogens with one attached hydrogen (secondary N) is 2. The Morgan fingerprint density at radius 1 is 1.15 bits per heavy atom. The van der Waals surface area contributed by atoms with E-state index in [9.17, 15) is 9.59 Å². The van der Waals surface area contributed by atoms with Crippen molar-refractivity contribution in [1.82, 2.24) is 0 Å². The monoisotopic (exact) mass is 363 g/mol. The van der Waals surface area contributed by atoms with E-state index in [0.29, 0.717) is 17.8 Å². The number of anilines is 2. The van der Waals surface area contributed by atoms with Crippen LogP contribution < -0.4 is 15.1 Å². The van der Waals surface area contributed by atoms with Gasteiger partial charge < -0.3 is 15.1 Å². The molecule has 138 valence electrons. The van der Waals surface area contributed by atoms with Gasteiger partial charge in [0.1, 0.15) is 0 Å². The molecule has 0 aliphatic carbocycles. The van der Waals surface area contributed by atoms with E-state index in [2.05, 4.69) is 16.3 Å². The number of benzene rings is 2. The molecule has 3 rings (SSSR count). The third-order valence-electron chi connectivity index (χ3n) is 4.80. The summed E-state index contributed by atoms with van der Waals surface area (Å²) in [5.74, 6) is 0.0292. The molecule has 0 bridgehead atoms. The first-order valence-electron chi connectivity index (χ1n) is 9.04. The van der Waals surface area contributed by atoms with Gasteiger partial charge in [-0.05, 0) is 49.4 Å². The van der Waals surface area contributed by atoms with Crippen molar-refractivity contribution >= 4 is 23.1 Å². The molecular weight excluding hydrogens is 340 g/mol. The largest absolute Gasteiger partial charge is 0.360 e. The third kappa shape index (κ3) is 4.93. The number of hydrogen-bond acceptors (Lipinski definition) is 4. The van der Waals surface area contributed by atoms with Gasteiger partial charge in [-0.2, -0.15) is 5.26 Å². The minimum Gasteiger partial charge on any atom is -0.360 e. The van der Waals surface area contributed by atoms with E-state index in [1.54, 1.807) is 31.2 Å².